The van der Waals surface area contributed by atoms with E-state index >= 15 is 0 Å². The fourth-order valence-electron chi connectivity index (χ4n) is 2.46. The van der Waals surface area contributed by atoms with Crippen molar-refractivity contribution in [2.45, 2.75) is 6.61 Å². The fourth-order valence-corrected chi connectivity index (χ4v) is 2.46. The summed E-state index contributed by atoms with van der Waals surface area (Å²) < 4.78 is 26.1. The number of halogens is 1. The number of rotatable bonds is 7. The Balaban J connectivity index is 1.54. The van der Waals surface area contributed by atoms with E-state index in [0.29, 0.717) is 23.6 Å². The number of hydrogen-bond acceptors (Lipinski definition) is 4. The molecule has 1 heterocycles. The van der Waals surface area contributed by atoms with E-state index in [1.54, 1.807) is 36.5 Å². The minimum Gasteiger partial charge on any atom is -0.494 e. The first-order valence-corrected chi connectivity index (χ1v) is 8.57. The predicted octanol–water partition coefficient (Wildman–Crippen LogP) is 3.80. The molecule has 0 spiro atoms. The lowest BCUT2D eigenvalue weighted by molar-refractivity contribution is -0.111. The molecule has 0 atom stereocenters. The average Bonchev–Trinajstić information content (AvgIpc) is 3.11. The summed E-state index contributed by atoms with van der Waals surface area (Å²) in [6.45, 7) is 0.358. The molecule has 0 radical (unpaired) electrons. The molecule has 3 rings (SSSR count). The standard InChI is InChI=1S/C21H20FN3O3/c1-25-12-11-23-20(25)14-28-17-7-5-16(6-8-17)24-21(26)10-4-15-3-9-19(27-2)18(22)13-15/h3-13H,14H2,1-2H3,(H,24,26)/b10-4+. The topological polar surface area (TPSA) is 65.4 Å². The zero-order valence-electron chi connectivity index (χ0n) is 15.6. The van der Waals surface area contributed by atoms with Crippen molar-refractivity contribution in [1.82, 2.24) is 9.55 Å². The molecular weight excluding hydrogens is 361 g/mol. The van der Waals surface area contributed by atoms with Gasteiger partial charge in [-0.05, 0) is 48.0 Å². The molecule has 3 aromatic rings. The van der Waals surface area contributed by atoms with E-state index < -0.39 is 5.82 Å². The number of anilines is 1. The van der Waals surface area contributed by atoms with Crippen LogP contribution in [0.1, 0.15) is 11.4 Å². The lowest BCUT2D eigenvalue weighted by atomic mass is 10.2. The molecule has 1 amide bonds. The molecule has 144 valence electrons. The third-order valence-corrected chi connectivity index (χ3v) is 4.01. The Morgan fingerprint density at radius 3 is 2.68 bits per heavy atom. The number of methoxy groups -OCH3 is 1. The molecule has 0 aliphatic carbocycles. The Hall–Kier alpha value is -3.61. The Labute approximate surface area is 162 Å². The van der Waals surface area contributed by atoms with Crippen LogP contribution in [0.4, 0.5) is 10.1 Å². The smallest absolute Gasteiger partial charge is 0.248 e. The monoisotopic (exact) mass is 381 g/mol. The molecule has 0 unspecified atom stereocenters. The number of benzene rings is 2. The Bertz CT molecular complexity index is 981. The average molecular weight is 381 g/mol. The lowest BCUT2D eigenvalue weighted by Crippen LogP contribution is -2.07. The third kappa shape index (κ3) is 4.97. The van der Waals surface area contributed by atoms with Gasteiger partial charge < -0.3 is 19.4 Å². The lowest BCUT2D eigenvalue weighted by Gasteiger charge is -2.07. The Morgan fingerprint density at radius 2 is 2.04 bits per heavy atom. The van der Waals surface area contributed by atoms with Crippen molar-refractivity contribution >= 4 is 17.7 Å². The van der Waals surface area contributed by atoms with Crippen LogP contribution in [-0.2, 0) is 18.4 Å². The van der Waals surface area contributed by atoms with Crippen molar-refractivity contribution in [1.29, 1.82) is 0 Å². The number of hydrogen-bond donors (Lipinski definition) is 1. The van der Waals surface area contributed by atoms with Crippen LogP contribution in [0.15, 0.2) is 60.9 Å². The van der Waals surface area contributed by atoms with Crippen LogP contribution in [0.2, 0.25) is 0 Å². The summed E-state index contributed by atoms with van der Waals surface area (Å²) in [5.74, 6) is 0.846. The van der Waals surface area contributed by atoms with E-state index in [1.165, 1.54) is 31.4 Å². The van der Waals surface area contributed by atoms with Crippen molar-refractivity contribution in [3.05, 3.63) is 78.1 Å². The summed E-state index contributed by atoms with van der Waals surface area (Å²) in [6.07, 6.45) is 6.44. The van der Waals surface area contributed by atoms with Crippen molar-refractivity contribution in [2.24, 2.45) is 7.05 Å². The molecule has 7 heteroatoms. The number of aryl methyl sites for hydroxylation is 1. The van der Waals surface area contributed by atoms with Crippen LogP contribution in [0.3, 0.4) is 0 Å². The molecule has 0 aliphatic rings. The van der Waals surface area contributed by atoms with Crippen LogP contribution in [0.25, 0.3) is 6.08 Å². The zero-order valence-corrected chi connectivity index (χ0v) is 15.6. The number of amides is 1. The molecule has 1 N–H and O–H groups in total. The van der Waals surface area contributed by atoms with Gasteiger partial charge in [-0.2, -0.15) is 0 Å². The number of carbonyl (C=O) groups excluding carboxylic acids is 1. The molecule has 0 saturated heterocycles. The van der Waals surface area contributed by atoms with Gasteiger partial charge in [0.2, 0.25) is 5.91 Å². The second-order valence-electron chi connectivity index (χ2n) is 5.98. The van der Waals surface area contributed by atoms with Gasteiger partial charge >= 0.3 is 0 Å². The maximum absolute atomic E-state index is 13.7. The second-order valence-corrected chi connectivity index (χ2v) is 5.98. The molecule has 0 saturated carbocycles. The number of ether oxygens (including phenoxy) is 2. The second kappa shape index (κ2) is 8.85. The summed E-state index contributed by atoms with van der Waals surface area (Å²) >= 11 is 0. The molecule has 1 aromatic heterocycles. The van der Waals surface area contributed by atoms with Crippen molar-refractivity contribution < 1.29 is 18.7 Å². The van der Waals surface area contributed by atoms with Crippen molar-refractivity contribution in [2.75, 3.05) is 12.4 Å². The molecule has 0 bridgehead atoms. The quantitative estimate of drug-likeness (QED) is 0.632. The first-order valence-electron chi connectivity index (χ1n) is 8.57. The SMILES string of the molecule is COc1ccc(/C=C/C(=O)Nc2ccc(OCc3nccn3C)cc2)cc1F. The van der Waals surface area contributed by atoms with Gasteiger partial charge in [0.1, 0.15) is 18.2 Å². The summed E-state index contributed by atoms with van der Waals surface area (Å²) in [4.78, 5) is 16.2. The third-order valence-electron chi connectivity index (χ3n) is 4.01. The van der Waals surface area contributed by atoms with E-state index in [1.807, 2.05) is 17.8 Å². The maximum atomic E-state index is 13.7. The molecule has 28 heavy (non-hydrogen) atoms. The molecule has 0 aliphatic heterocycles. The maximum Gasteiger partial charge on any atom is 0.248 e. The molecule has 6 nitrogen and oxygen atoms in total. The number of aromatic nitrogens is 2. The van der Waals surface area contributed by atoms with Gasteiger partial charge in [0.15, 0.2) is 11.6 Å². The normalized spacial score (nSPS) is 10.8. The van der Waals surface area contributed by atoms with E-state index in [0.717, 1.165) is 5.82 Å². The van der Waals surface area contributed by atoms with Crippen molar-refractivity contribution in [3.8, 4) is 11.5 Å². The first-order chi connectivity index (χ1) is 13.5. The van der Waals surface area contributed by atoms with Crippen molar-refractivity contribution in [3.63, 3.8) is 0 Å². The number of imidazole rings is 1. The molecule has 2 aromatic carbocycles. The fraction of sp³-hybridized carbons (Fsp3) is 0.143. The van der Waals surface area contributed by atoms with E-state index in [2.05, 4.69) is 10.3 Å². The summed E-state index contributed by atoms with van der Waals surface area (Å²) in [7, 11) is 3.30. The van der Waals surface area contributed by atoms with E-state index in [4.69, 9.17) is 9.47 Å². The summed E-state index contributed by atoms with van der Waals surface area (Å²) in [6, 6.07) is 11.5. The van der Waals surface area contributed by atoms with Gasteiger partial charge in [0.25, 0.3) is 0 Å². The Morgan fingerprint density at radius 1 is 1.25 bits per heavy atom. The van der Waals surface area contributed by atoms with Gasteiger partial charge in [0.05, 0.1) is 7.11 Å². The molecular formula is C21H20FN3O3. The van der Waals surface area contributed by atoms with E-state index in [-0.39, 0.29) is 11.7 Å². The largest absolute Gasteiger partial charge is 0.494 e. The van der Waals surface area contributed by atoms with Crippen LogP contribution >= 0.6 is 0 Å². The first kappa shape index (κ1) is 19.2. The minimum absolute atomic E-state index is 0.159. The van der Waals surface area contributed by atoms with Crippen LogP contribution in [0.5, 0.6) is 11.5 Å². The number of nitrogens with one attached hydrogen (secondary N) is 1. The van der Waals surface area contributed by atoms with E-state index in [9.17, 15) is 9.18 Å². The highest BCUT2D eigenvalue weighted by Gasteiger charge is 2.04. The van der Waals surface area contributed by atoms with Crippen LogP contribution in [0, 0.1) is 5.82 Å². The molecule has 0 fully saturated rings. The van der Waals surface area contributed by atoms with Crippen LogP contribution < -0.4 is 14.8 Å². The van der Waals surface area contributed by atoms with Gasteiger partial charge in [-0.3, -0.25) is 4.79 Å². The van der Waals surface area contributed by atoms with Gasteiger partial charge in [-0.1, -0.05) is 6.07 Å². The zero-order chi connectivity index (χ0) is 19.9. The highest BCUT2D eigenvalue weighted by Crippen LogP contribution is 2.19. The minimum atomic E-state index is -0.480. The van der Waals surface area contributed by atoms with Crippen LogP contribution in [-0.4, -0.2) is 22.6 Å². The summed E-state index contributed by atoms with van der Waals surface area (Å²) in [5, 5.41) is 2.74. The Kier molecular flexibility index (Phi) is 6.06. The highest BCUT2D eigenvalue weighted by atomic mass is 19.1. The summed E-state index contributed by atoms with van der Waals surface area (Å²) in [5.41, 5.74) is 1.19. The van der Waals surface area contributed by atoms with Gasteiger partial charge in [-0.15, -0.1) is 0 Å². The van der Waals surface area contributed by atoms with Gasteiger partial charge in [-0.25, -0.2) is 9.37 Å². The van der Waals surface area contributed by atoms with Gasteiger partial charge in [0, 0.05) is 31.2 Å². The highest BCUT2D eigenvalue weighted by molar-refractivity contribution is 6.01. The number of carbonyl (C=O) groups is 1. The number of nitrogens with zero attached hydrogens (tertiary/aromatic N) is 2. The predicted molar refractivity (Wildman–Crippen MR) is 105 cm³/mol.